The van der Waals surface area contributed by atoms with Crippen LogP contribution in [-0.2, 0) is 0 Å². The molecule has 0 saturated heterocycles. The first-order valence-corrected chi connectivity index (χ1v) is 5.14. The van der Waals surface area contributed by atoms with E-state index in [1.165, 1.54) is 0 Å². The van der Waals surface area contributed by atoms with Crippen LogP contribution in [0.25, 0.3) is 0 Å². The Hall–Kier alpha value is 0.230. The van der Waals surface area contributed by atoms with Gasteiger partial charge in [0.15, 0.2) is 0 Å². The van der Waals surface area contributed by atoms with E-state index in [4.69, 9.17) is 0 Å². The Morgan fingerprint density at radius 3 is 2.36 bits per heavy atom. The maximum absolute atomic E-state index is 3.29. The molecule has 68 valence electrons. The van der Waals surface area contributed by atoms with Crippen molar-refractivity contribution < 1.29 is 0 Å². The fourth-order valence-electron chi connectivity index (χ4n) is 0.704. The zero-order chi connectivity index (χ0) is 8.69. The van der Waals surface area contributed by atoms with Crippen LogP contribution in [0.3, 0.4) is 0 Å². The van der Waals surface area contributed by atoms with Crippen molar-refractivity contribution >= 4 is 11.8 Å². The fraction of sp³-hybridized carbons (Fsp3) is 1.00. The summed E-state index contributed by atoms with van der Waals surface area (Å²) < 4.78 is 0. The molecule has 4 heteroatoms. The zero-order valence-electron chi connectivity index (χ0n) is 7.92. The third kappa shape index (κ3) is 8.13. The molecule has 0 heterocycles. The summed E-state index contributed by atoms with van der Waals surface area (Å²) in [5, 5.41) is 2.11. The predicted molar refractivity (Wildman–Crippen MR) is 52.7 cm³/mol. The number of hydrogen-bond donors (Lipinski definition) is 1. The lowest BCUT2D eigenvalue weighted by Gasteiger charge is -2.18. The molecule has 0 aliphatic carbocycles. The molecule has 1 N–H and O–H groups in total. The molecular formula is C7H19N3S. The SMILES string of the molecule is CSCN(C)NCCN(C)C. The zero-order valence-corrected chi connectivity index (χ0v) is 8.74. The first-order valence-electron chi connectivity index (χ1n) is 3.75. The molecule has 0 radical (unpaired) electrons. The number of hydrogen-bond acceptors (Lipinski definition) is 4. The van der Waals surface area contributed by atoms with Crippen molar-refractivity contribution in [3.05, 3.63) is 0 Å². The molecule has 11 heavy (non-hydrogen) atoms. The molecule has 0 fully saturated rings. The Morgan fingerprint density at radius 2 is 1.91 bits per heavy atom. The highest BCUT2D eigenvalue weighted by molar-refractivity contribution is 7.98. The smallest absolute Gasteiger partial charge is 0.0581 e. The van der Waals surface area contributed by atoms with E-state index in [2.05, 4.69) is 42.7 Å². The maximum Gasteiger partial charge on any atom is 0.0581 e. The number of likely N-dealkylation sites (N-methyl/N-ethyl adjacent to an activating group) is 1. The summed E-state index contributed by atoms with van der Waals surface area (Å²) in [4.78, 5) is 2.17. The van der Waals surface area contributed by atoms with Crippen molar-refractivity contribution in [1.82, 2.24) is 15.3 Å². The van der Waals surface area contributed by atoms with Gasteiger partial charge in [0, 0.05) is 20.1 Å². The molecule has 0 atom stereocenters. The first-order chi connectivity index (χ1) is 5.16. The van der Waals surface area contributed by atoms with Crippen molar-refractivity contribution in [2.24, 2.45) is 0 Å². The lowest BCUT2D eigenvalue weighted by molar-refractivity contribution is 0.257. The number of nitrogens with zero attached hydrogens (tertiary/aromatic N) is 2. The van der Waals surface area contributed by atoms with E-state index >= 15 is 0 Å². The van der Waals surface area contributed by atoms with Gasteiger partial charge in [0.25, 0.3) is 0 Å². The Morgan fingerprint density at radius 1 is 1.27 bits per heavy atom. The predicted octanol–water partition coefficient (Wildman–Crippen LogP) is 0.305. The molecule has 0 amide bonds. The fourth-order valence-corrected chi connectivity index (χ4v) is 1.18. The van der Waals surface area contributed by atoms with Crippen LogP contribution in [0, 0.1) is 0 Å². The summed E-state index contributed by atoms with van der Waals surface area (Å²) in [5.41, 5.74) is 3.29. The van der Waals surface area contributed by atoms with Crippen molar-refractivity contribution in [3.63, 3.8) is 0 Å². The molecule has 0 bridgehead atoms. The summed E-state index contributed by atoms with van der Waals surface area (Å²) in [6.07, 6.45) is 2.10. The van der Waals surface area contributed by atoms with Gasteiger partial charge in [-0.3, -0.25) is 5.43 Å². The van der Waals surface area contributed by atoms with Gasteiger partial charge in [-0.25, -0.2) is 5.01 Å². The number of thioether (sulfide) groups is 1. The van der Waals surface area contributed by atoms with E-state index in [1.807, 2.05) is 11.8 Å². The van der Waals surface area contributed by atoms with Crippen molar-refractivity contribution in [3.8, 4) is 0 Å². The van der Waals surface area contributed by atoms with Gasteiger partial charge in [0.05, 0.1) is 5.88 Å². The average Bonchev–Trinajstić information content (AvgIpc) is 1.87. The van der Waals surface area contributed by atoms with Gasteiger partial charge in [-0.1, -0.05) is 0 Å². The normalized spacial score (nSPS) is 11.5. The number of hydrazine groups is 1. The van der Waals surface area contributed by atoms with Gasteiger partial charge in [0.2, 0.25) is 0 Å². The number of nitrogens with one attached hydrogen (secondary N) is 1. The van der Waals surface area contributed by atoms with E-state index in [0.717, 1.165) is 19.0 Å². The molecule has 0 rings (SSSR count). The Labute approximate surface area is 74.1 Å². The Bertz CT molecular complexity index is 87.8. The highest BCUT2D eigenvalue weighted by Gasteiger charge is 1.94. The van der Waals surface area contributed by atoms with Crippen LogP contribution >= 0.6 is 11.8 Å². The van der Waals surface area contributed by atoms with Gasteiger partial charge in [0.1, 0.15) is 0 Å². The van der Waals surface area contributed by atoms with E-state index in [1.54, 1.807) is 0 Å². The molecule has 3 nitrogen and oxygen atoms in total. The highest BCUT2D eigenvalue weighted by atomic mass is 32.2. The van der Waals surface area contributed by atoms with Crippen LogP contribution in [0.1, 0.15) is 0 Å². The Kier molecular flexibility index (Phi) is 7.06. The summed E-state index contributed by atoms with van der Waals surface area (Å²) in [6, 6.07) is 0. The molecule has 0 saturated carbocycles. The summed E-state index contributed by atoms with van der Waals surface area (Å²) in [5.74, 6) is 1.04. The monoisotopic (exact) mass is 177 g/mol. The van der Waals surface area contributed by atoms with Gasteiger partial charge < -0.3 is 4.90 Å². The summed E-state index contributed by atoms with van der Waals surface area (Å²) in [7, 11) is 6.22. The molecule has 0 spiro atoms. The molecular weight excluding hydrogens is 158 g/mol. The molecule has 0 aliphatic heterocycles. The van der Waals surface area contributed by atoms with E-state index in [-0.39, 0.29) is 0 Å². The highest BCUT2D eigenvalue weighted by Crippen LogP contribution is 1.91. The Balaban J connectivity index is 3.10. The standard InChI is InChI=1S/C7H19N3S/c1-9(2)6-5-8-10(3)7-11-4/h8H,5-7H2,1-4H3. The molecule has 0 aromatic carbocycles. The lowest BCUT2D eigenvalue weighted by Crippen LogP contribution is -2.38. The molecule has 0 aromatic rings. The third-order valence-electron chi connectivity index (χ3n) is 1.26. The minimum Gasteiger partial charge on any atom is -0.308 e. The van der Waals surface area contributed by atoms with E-state index < -0.39 is 0 Å². The third-order valence-corrected chi connectivity index (χ3v) is 1.91. The van der Waals surface area contributed by atoms with E-state index in [9.17, 15) is 0 Å². The van der Waals surface area contributed by atoms with Crippen molar-refractivity contribution in [2.75, 3.05) is 46.4 Å². The van der Waals surface area contributed by atoms with Crippen molar-refractivity contribution in [2.45, 2.75) is 0 Å². The van der Waals surface area contributed by atoms with Gasteiger partial charge in [-0.05, 0) is 20.4 Å². The quantitative estimate of drug-likeness (QED) is 0.464. The van der Waals surface area contributed by atoms with Crippen LogP contribution in [0.15, 0.2) is 0 Å². The lowest BCUT2D eigenvalue weighted by atomic mass is 10.6. The van der Waals surface area contributed by atoms with Gasteiger partial charge in [-0.15, -0.1) is 11.8 Å². The number of rotatable bonds is 6. The second-order valence-corrected chi connectivity index (χ2v) is 3.66. The van der Waals surface area contributed by atoms with Crippen LogP contribution in [-0.4, -0.2) is 56.3 Å². The largest absolute Gasteiger partial charge is 0.308 e. The van der Waals surface area contributed by atoms with Crippen molar-refractivity contribution in [1.29, 1.82) is 0 Å². The topological polar surface area (TPSA) is 18.5 Å². The van der Waals surface area contributed by atoms with Gasteiger partial charge in [-0.2, -0.15) is 0 Å². The second kappa shape index (κ2) is 6.91. The van der Waals surface area contributed by atoms with Crippen LogP contribution in [0.5, 0.6) is 0 Å². The summed E-state index contributed by atoms with van der Waals surface area (Å²) >= 11 is 1.82. The minimum absolute atomic E-state index is 1.02. The van der Waals surface area contributed by atoms with E-state index in [0.29, 0.717) is 0 Å². The maximum atomic E-state index is 3.29. The summed E-state index contributed by atoms with van der Waals surface area (Å²) in [6.45, 7) is 2.10. The molecule has 0 aromatic heterocycles. The van der Waals surface area contributed by atoms with Crippen LogP contribution in [0.2, 0.25) is 0 Å². The van der Waals surface area contributed by atoms with Crippen LogP contribution < -0.4 is 5.43 Å². The first kappa shape index (κ1) is 11.2. The average molecular weight is 177 g/mol. The molecule has 0 unspecified atom stereocenters. The molecule has 0 aliphatic rings. The second-order valence-electron chi connectivity index (χ2n) is 2.83. The van der Waals surface area contributed by atoms with Crippen LogP contribution in [0.4, 0.5) is 0 Å². The van der Waals surface area contributed by atoms with Gasteiger partial charge >= 0.3 is 0 Å². The minimum atomic E-state index is 1.02.